The summed E-state index contributed by atoms with van der Waals surface area (Å²) in [4.78, 5) is 0. The molecular weight excluding hydrogens is 604 g/mol. The Balaban J connectivity index is 0.951. The highest BCUT2D eigenvalue weighted by Crippen LogP contribution is 2.42. The van der Waals surface area contributed by atoms with Gasteiger partial charge in [-0.25, -0.2) is 0 Å². The topological polar surface area (TPSA) is 111 Å². The molecule has 0 aromatic heterocycles. The molecule has 0 amide bonds. The Labute approximate surface area is 285 Å². The first-order valence-electron chi connectivity index (χ1n) is 18.1. The predicted octanol–water partition coefficient (Wildman–Crippen LogP) is 5.74. The van der Waals surface area contributed by atoms with E-state index in [4.69, 9.17) is 9.47 Å². The van der Waals surface area contributed by atoms with E-state index in [9.17, 15) is 20.4 Å². The quantitative estimate of drug-likeness (QED) is 0.0986. The van der Waals surface area contributed by atoms with Gasteiger partial charge in [0.2, 0.25) is 0 Å². The van der Waals surface area contributed by atoms with Crippen LogP contribution in [-0.2, 0) is 16.9 Å². The van der Waals surface area contributed by atoms with Gasteiger partial charge in [-0.2, -0.15) is 0 Å². The lowest BCUT2D eigenvalue weighted by Gasteiger charge is -2.53. The molecular formula is C40H55N2O6+. The van der Waals surface area contributed by atoms with Crippen molar-refractivity contribution in [1.82, 2.24) is 5.32 Å². The van der Waals surface area contributed by atoms with Crippen LogP contribution in [0.5, 0.6) is 11.5 Å². The Morgan fingerprint density at radius 1 is 0.938 bits per heavy atom. The Morgan fingerprint density at radius 2 is 1.65 bits per heavy atom. The summed E-state index contributed by atoms with van der Waals surface area (Å²) in [5.41, 5.74) is 2.24. The zero-order chi connectivity index (χ0) is 33.6. The summed E-state index contributed by atoms with van der Waals surface area (Å²) in [6.45, 7) is 7.72. The minimum atomic E-state index is -0.911. The monoisotopic (exact) mass is 659 g/mol. The fourth-order valence-corrected chi connectivity index (χ4v) is 8.43. The Kier molecular flexibility index (Phi) is 11.4. The zero-order valence-electron chi connectivity index (χ0n) is 28.5. The molecule has 1 aliphatic carbocycles. The van der Waals surface area contributed by atoms with Crippen molar-refractivity contribution >= 4 is 0 Å². The largest absolute Gasteiger partial charge is 0.508 e. The average Bonchev–Trinajstić information content (AvgIpc) is 3.69. The number of nitrogens with zero attached hydrogens (tertiary/aromatic N) is 1. The van der Waals surface area contributed by atoms with Crippen molar-refractivity contribution < 1.29 is 34.4 Å². The lowest BCUT2D eigenvalue weighted by Crippen LogP contribution is -2.65. The molecule has 2 unspecified atom stereocenters. The summed E-state index contributed by atoms with van der Waals surface area (Å²) in [5, 5.41) is 45.2. The second-order valence-electron chi connectivity index (χ2n) is 14.6. The minimum absolute atomic E-state index is 0.0259. The second kappa shape index (κ2) is 15.7. The lowest BCUT2D eigenvalue weighted by molar-refractivity contribution is -0.946. The molecule has 2 bridgehead atoms. The van der Waals surface area contributed by atoms with Crippen LogP contribution in [0.4, 0.5) is 0 Å². The van der Waals surface area contributed by atoms with Gasteiger partial charge in [0, 0.05) is 43.3 Å². The summed E-state index contributed by atoms with van der Waals surface area (Å²) >= 11 is 0. The molecule has 3 heterocycles. The molecule has 8 nitrogen and oxygen atoms in total. The van der Waals surface area contributed by atoms with Crippen LogP contribution in [0.2, 0.25) is 0 Å². The number of aliphatic hydroxyl groups excluding tert-OH is 2. The minimum Gasteiger partial charge on any atom is -0.508 e. The van der Waals surface area contributed by atoms with E-state index >= 15 is 0 Å². The van der Waals surface area contributed by atoms with Crippen molar-refractivity contribution in [3.05, 3.63) is 95.1 Å². The van der Waals surface area contributed by atoms with E-state index in [1.165, 1.54) is 44.8 Å². The van der Waals surface area contributed by atoms with Crippen molar-refractivity contribution in [2.24, 2.45) is 11.8 Å². The Hall–Kier alpha value is -2.98. The number of ether oxygens (including phenoxy) is 2. The number of quaternary nitrogens is 1. The third-order valence-corrected chi connectivity index (χ3v) is 11.6. The molecule has 4 atom stereocenters. The summed E-state index contributed by atoms with van der Waals surface area (Å²) < 4.78 is 14.0. The maximum atomic E-state index is 12.0. The average molecular weight is 660 g/mol. The lowest BCUT2D eigenvalue weighted by atomic mass is 9.80. The third-order valence-electron chi connectivity index (χ3n) is 11.6. The van der Waals surface area contributed by atoms with Crippen molar-refractivity contribution in [3.63, 3.8) is 0 Å². The van der Waals surface area contributed by atoms with Gasteiger partial charge in [0.05, 0.1) is 45.6 Å². The molecule has 5 N–H and O–H groups in total. The van der Waals surface area contributed by atoms with Gasteiger partial charge in [0.15, 0.2) is 0 Å². The number of phenols is 1. The van der Waals surface area contributed by atoms with Gasteiger partial charge >= 0.3 is 0 Å². The summed E-state index contributed by atoms with van der Waals surface area (Å²) in [6, 6.07) is 23.2. The molecule has 3 saturated heterocycles. The molecule has 48 heavy (non-hydrogen) atoms. The van der Waals surface area contributed by atoms with Gasteiger partial charge in [-0.15, -0.1) is 0 Å². The highest BCUT2D eigenvalue weighted by atomic mass is 16.5. The predicted molar refractivity (Wildman–Crippen MR) is 186 cm³/mol. The van der Waals surface area contributed by atoms with E-state index in [1.54, 1.807) is 12.1 Å². The first kappa shape index (κ1) is 34.9. The molecule has 4 aliphatic rings. The van der Waals surface area contributed by atoms with Crippen molar-refractivity contribution in [2.45, 2.75) is 82.3 Å². The van der Waals surface area contributed by atoms with Gasteiger partial charge in [-0.3, -0.25) is 0 Å². The Bertz CT molecular complexity index is 1440. The van der Waals surface area contributed by atoms with Crippen LogP contribution < -0.4 is 10.1 Å². The molecule has 3 aliphatic heterocycles. The highest BCUT2D eigenvalue weighted by Gasteiger charge is 2.48. The number of rotatable bonds is 16. The zero-order valence-corrected chi connectivity index (χ0v) is 28.5. The molecule has 4 fully saturated rings. The maximum absolute atomic E-state index is 12.0. The van der Waals surface area contributed by atoms with Crippen molar-refractivity contribution in [2.75, 3.05) is 45.9 Å². The van der Waals surface area contributed by atoms with Crippen LogP contribution in [-0.4, -0.2) is 77.0 Å². The van der Waals surface area contributed by atoms with E-state index in [1.807, 2.05) is 30.3 Å². The van der Waals surface area contributed by atoms with E-state index in [-0.39, 0.29) is 30.4 Å². The van der Waals surface area contributed by atoms with Gasteiger partial charge in [-0.1, -0.05) is 61.4 Å². The molecule has 0 spiro atoms. The number of nitrogens with one attached hydrogen (secondary N) is 1. The second-order valence-corrected chi connectivity index (χ2v) is 14.6. The third kappa shape index (κ3) is 8.07. The SMILES string of the molecule is CC(NC[C@H](O)c1ccc(O)c(CO)c1)c1ccc(OCCC[N+]23CCC(CC2)[C@@H](OCC(O)(c2ccccc2)C2CCCC2)C3)cc1. The number of piperidine rings is 3. The molecule has 260 valence electrons. The summed E-state index contributed by atoms with van der Waals surface area (Å²) in [5.74, 6) is 1.74. The first-order chi connectivity index (χ1) is 23.3. The smallest absolute Gasteiger partial charge is 0.121 e. The van der Waals surface area contributed by atoms with E-state index in [0.29, 0.717) is 36.8 Å². The number of aliphatic hydroxyl groups is 3. The van der Waals surface area contributed by atoms with Crippen LogP contribution in [0, 0.1) is 11.8 Å². The fraction of sp³-hybridized carbons (Fsp3) is 0.550. The number of aromatic hydroxyl groups is 1. The van der Waals surface area contributed by atoms with Gasteiger partial charge in [-0.05, 0) is 66.6 Å². The highest BCUT2D eigenvalue weighted by molar-refractivity contribution is 5.36. The summed E-state index contributed by atoms with van der Waals surface area (Å²) in [7, 11) is 0. The van der Waals surface area contributed by atoms with Crippen LogP contribution in [0.25, 0.3) is 0 Å². The summed E-state index contributed by atoms with van der Waals surface area (Å²) in [6.07, 6.45) is 7.35. The Morgan fingerprint density at radius 3 is 2.35 bits per heavy atom. The number of hydrogen-bond donors (Lipinski definition) is 5. The fourth-order valence-electron chi connectivity index (χ4n) is 8.43. The van der Waals surface area contributed by atoms with E-state index in [2.05, 4.69) is 36.5 Å². The van der Waals surface area contributed by atoms with Crippen LogP contribution in [0.3, 0.4) is 0 Å². The van der Waals surface area contributed by atoms with Gasteiger partial charge < -0.3 is 39.7 Å². The standard InChI is InChI=1S/C40H54N2O6/c1-29(41-25-38(45)32-14-17-37(44)33(24-32)27-43)30-12-15-36(16-13-30)47-23-7-20-42-21-18-31(19-22-42)39(26-42)48-28-40(46,35-10-5-6-11-35)34-8-3-2-4-9-34/h2-4,8-9,12-17,24,29,31,35,38-39,41,43,45-46H,5-7,10-11,18-23,25-28H2,1H3/p+1/t29?,31?,38-,39-,40?,42?/m0/s1. The van der Waals surface area contributed by atoms with E-state index < -0.39 is 11.7 Å². The van der Waals surface area contributed by atoms with Crippen LogP contribution in [0.1, 0.15) is 86.3 Å². The number of benzene rings is 3. The normalized spacial score (nSPS) is 25.1. The molecule has 3 aromatic rings. The molecule has 0 radical (unpaired) electrons. The molecule has 7 rings (SSSR count). The van der Waals surface area contributed by atoms with Crippen LogP contribution in [0.15, 0.2) is 72.8 Å². The van der Waals surface area contributed by atoms with Crippen molar-refractivity contribution in [3.8, 4) is 11.5 Å². The van der Waals surface area contributed by atoms with Crippen molar-refractivity contribution in [1.29, 1.82) is 0 Å². The van der Waals surface area contributed by atoms with Gasteiger partial charge in [0.25, 0.3) is 0 Å². The van der Waals surface area contributed by atoms with Crippen LogP contribution >= 0.6 is 0 Å². The number of fused-ring (bicyclic) bond motifs is 3. The first-order valence-corrected chi connectivity index (χ1v) is 18.1. The number of hydrogen-bond acceptors (Lipinski definition) is 7. The maximum Gasteiger partial charge on any atom is 0.121 e. The van der Waals surface area contributed by atoms with Gasteiger partial charge in [0.1, 0.15) is 29.7 Å². The van der Waals surface area contributed by atoms with E-state index in [0.717, 1.165) is 53.7 Å². The molecule has 8 heteroatoms. The molecule has 3 aromatic carbocycles. The molecule has 1 saturated carbocycles.